The molecule has 1 unspecified atom stereocenters. The van der Waals surface area contributed by atoms with Gasteiger partial charge in [-0.2, -0.15) is 22.0 Å². The van der Waals surface area contributed by atoms with E-state index in [9.17, 15) is 44.7 Å². The van der Waals surface area contributed by atoms with Crippen LogP contribution in [0.4, 0.5) is 32.0 Å². The first-order valence-electron chi connectivity index (χ1n) is 12.2. The van der Waals surface area contributed by atoms with E-state index in [0.717, 1.165) is 40.7 Å². The van der Waals surface area contributed by atoms with Gasteiger partial charge in [0.25, 0.3) is 10.0 Å². The number of alkyl halides is 5. The highest BCUT2D eigenvalue weighted by atomic mass is 32.2. The van der Waals surface area contributed by atoms with Gasteiger partial charge in [0.05, 0.1) is 28.6 Å². The number of hydrogen-bond acceptors (Lipinski definition) is 5. The normalized spacial score (nSPS) is 16.2. The number of carboxylic acid groups (broad SMARTS) is 1. The molecule has 1 aliphatic rings. The standard InChI is InChI=1S/C27H23F6NO6S/c1-2-15(25(35)36)9-21-14-34(41(37,38)22-5-3-4-18(12-22)27(31,32)33)23-11-16(6-7-24(23)39-21)17-8-19(28)13-20(10-17)40-26(29)30/h3-8,10-13,15,21,26H,2,9,14H2,1H3,(H,35,36)/t15?,21-/m0/s1. The molecule has 7 nitrogen and oxygen atoms in total. The Kier molecular flexibility index (Phi) is 8.43. The van der Waals surface area contributed by atoms with Crippen LogP contribution in [0.1, 0.15) is 25.3 Å². The Morgan fingerprint density at radius 2 is 1.83 bits per heavy atom. The van der Waals surface area contributed by atoms with E-state index in [-0.39, 0.29) is 35.4 Å². The van der Waals surface area contributed by atoms with Crippen molar-refractivity contribution in [1.29, 1.82) is 0 Å². The van der Waals surface area contributed by atoms with Gasteiger partial charge in [0.2, 0.25) is 0 Å². The fraction of sp³-hybridized carbons (Fsp3) is 0.296. The number of benzene rings is 3. The number of halogens is 6. The number of anilines is 1. The topological polar surface area (TPSA) is 93.1 Å². The highest BCUT2D eigenvalue weighted by Crippen LogP contribution is 2.42. The number of nitrogens with zero attached hydrogens (tertiary/aromatic N) is 1. The number of hydrogen-bond donors (Lipinski definition) is 1. The summed E-state index contributed by atoms with van der Waals surface area (Å²) in [5, 5.41) is 9.49. The molecule has 220 valence electrons. The first-order valence-corrected chi connectivity index (χ1v) is 13.6. The Labute approximate surface area is 231 Å². The van der Waals surface area contributed by atoms with Crippen LogP contribution in [0.5, 0.6) is 11.5 Å². The first kappa shape index (κ1) is 30.0. The Morgan fingerprint density at radius 3 is 2.46 bits per heavy atom. The third kappa shape index (κ3) is 6.69. The smallest absolute Gasteiger partial charge is 0.416 e. The zero-order valence-electron chi connectivity index (χ0n) is 21.2. The van der Waals surface area contributed by atoms with Gasteiger partial charge in [-0.25, -0.2) is 12.8 Å². The van der Waals surface area contributed by atoms with E-state index in [1.807, 2.05) is 0 Å². The number of carbonyl (C=O) groups is 1. The Morgan fingerprint density at radius 1 is 1.10 bits per heavy atom. The van der Waals surface area contributed by atoms with Crippen molar-refractivity contribution in [3.8, 4) is 22.6 Å². The van der Waals surface area contributed by atoms with Crippen LogP contribution >= 0.6 is 0 Å². The number of sulfonamides is 1. The predicted molar refractivity (Wildman–Crippen MR) is 135 cm³/mol. The molecule has 2 atom stereocenters. The summed E-state index contributed by atoms with van der Waals surface area (Å²) in [4.78, 5) is 10.9. The summed E-state index contributed by atoms with van der Waals surface area (Å²) < 4.78 is 118. The molecule has 4 rings (SSSR count). The van der Waals surface area contributed by atoms with Crippen LogP contribution in [0.15, 0.2) is 65.6 Å². The molecule has 0 amide bonds. The van der Waals surface area contributed by atoms with Gasteiger partial charge in [-0.1, -0.05) is 19.1 Å². The van der Waals surface area contributed by atoms with Crippen LogP contribution < -0.4 is 13.8 Å². The minimum absolute atomic E-state index is 0.0266. The molecule has 14 heteroatoms. The van der Waals surface area contributed by atoms with Gasteiger partial charge >= 0.3 is 18.8 Å². The van der Waals surface area contributed by atoms with E-state index in [4.69, 9.17) is 4.74 Å². The highest BCUT2D eigenvalue weighted by molar-refractivity contribution is 7.92. The molecule has 0 saturated heterocycles. The quantitative estimate of drug-likeness (QED) is 0.278. The zero-order valence-corrected chi connectivity index (χ0v) is 22.1. The second kappa shape index (κ2) is 11.5. The van der Waals surface area contributed by atoms with Crippen LogP contribution in [0.3, 0.4) is 0 Å². The number of rotatable bonds is 9. The van der Waals surface area contributed by atoms with E-state index in [1.54, 1.807) is 6.92 Å². The summed E-state index contributed by atoms with van der Waals surface area (Å²) in [6.07, 6.45) is -5.69. The average Bonchev–Trinajstić information content (AvgIpc) is 2.89. The van der Waals surface area contributed by atoms with E-state index in [2.05, 4.69) is 4.74 Å². The molecule has 0 bridgehead atoms. The first-order chi connectivity index (χ1) is 19.2. The number of aliphatic carboxylic acids is 1. The monoisotopic (exact) mass is 603 g/mol. The van der Waals surface area contributed by atoms with Crippen molar-refractivity contribution in [2.45, 2.75) is 43.6 Å². The van der Waals surface area contributed by atoms with Crippen LogP contribution in [-0.4, -0.2) is 38.8 Å². The lowest BCUT2D eigenvalue weighted by atomic mass is 9.97. The van der Waals surface area contributed by atoms with Crippen LogP contribution in [0.2, 0.25) is 0 Å². The molecule has 0 aromatic heterocycles. The zero-order chi connectivity index (χ0) is 30.1. The molecule has 0 radical (unpaired) electrons. The van der Waals surface area contributed by atoms with Gasteiger partial charge in [0, 0.05) is 6.07 Å². The second-order valence-electron chi connectivity index (χ2n) is 9.22. The van der Waals surface area contributed by atoms with E-state index in [1.165, 1.54) is 18.2 Å². The third-order valence-electron chi connectivity index (χ3n) is 6.46. The number of fused-ring (bicyclic) bond motifs is 1. The molecule has 1 N–H and O–H groups in total. The minimum Gasteiger partial charge on any atom is -0.486 e. The number of carboxylic acids is 1. The minimum atomic E-state index is -4.82. The summed E-state index contributed by atoms with van der Waals surface area (Å²) in [5.41, 5.74) is -1.12. The van der Waals surface area contributed by atoms with Crippen molar-refractivity contribution < 1.29 is 54.1 Å². The van der Waals surface area contributed by atoms with E-state index >= 15 is 0 Å². The SMILES string of the molecule is CCC(C[C@H]1CN(S(=O)(=O)c2cccc(C(F)(F)F)c2)c2cc(-c3cc(F)cc(OC(F)F)c3)ccc2O1)C(=O)O. The van der Waals surface area contributed by atoms with Crippen molar-refractivity contribution >= 4 is 21.7 Å². The van der Waals surface area contributed by atoms with E-state index in [0.29, 0.717) is 6.07 Å². The Hall–Kier alpha value is -3.94. The van der Waals surface area contributed by atoms with E-state index < -0.39 is 69.4 Å². The van der Waals surface area contributed by atoms with Gasteiger partial charge in [-0.05, 0) is 66.4 Å². The van der Waals surface area contributed by atoms with Gasteiger partial charge in [0.1, 0.15) is 23.4 Å². The lowest BCUT2D eigenvalue weighted by Crippen LogP contribution is -2.44. The summed E-state index contributed by atoms with van der Waals surface area (Å²) in [6.45, 7) is -2.05. The maximum absolute atomic E-state index is 14.2. The molecular formula is C27H23F6NO6S. The predicted octanol–water partition coefficient (Wildman–Crippen LogP) is 6.57. The number of ether oxygens (including phenoxy) is 2. The van der Waals surface area contributed by atoms with Crippen LogP contribution in [0.25, 0.3) is 11.1 Å². The third-order valence-corrected chi connectivity index (χ3v) is 8.24. The van der Waals surface area contributed by atoms with Crippen molar-refractivity contribution in [3.63, 3.8) is 0 Å². The van der Waals surface area contributed by atoms with Gasteiger partial charge in [-0.3, -0.25) is 9.10 Å². The fourth-order valence-electron chi connectivity index (χ4n) is 4.46. The lowest BCUT2D eigenvalue weighted by molar-refractivity contribution is -0.142. The highest BCUT2D eigenvalue weighted by Gasteiger charge is 2.38. The molecule has 1 heterocycles. The van der Waals surface area contributed by atoms with Crippen molar-refractivity contribution in [1.82, 2.24) is 0 Å². The molecule has 41 heavy (non-hydrogen) atoms. The molecule has 3 aromatic rings. The second-order valence-corrected chi connectivity index (χ2v) is 11.1. The Bertz CT molecular complexity index is 1550. The summed E-state index contributed by atoms with van der Waals surface area (Å²) in [6, 6.07) is 9.95. The van der Waals surface area contributed by atoms with Crippen molar-refractivity contribution in [3.05, 3.63) is 72.0 Å². The lowest BCUT2D eigenvalue weighted by Gasteiger charge is -2.36. The van der Waals surface area contributed by atoms with Gasteiger partial charge in [-0.15, -0.1) is 0 Å². The molecule has 0 aliphatic carbocycles. The maximum atomic E-state index is 14.2. The maximum Gasteiger partial charge on any atom is 0.416 e. The van der Waals surface area contributed by atoms with Crippen LogP contribution in [0, 0.1) is 11.7 Å². The average molecular weight is 604 g/mol. The molecular weight excluding hydrogens is 580 g/mol. The molecule has 0 saturated carbocycles. The van der Waals surface area contributed by atoms with Gasteiger partial charge < -0.3 is 14.6 Å². The molecule has 1 aliphatic heterocycles. The molecule has 0 spiro atoms. The summed E-state index contributed by atoms with van der Waals surface area (Å²) in [7, 11) is -4.68. The Balaban J connectivity index is 1.83. The largest absolute Gasteiger partial charge is 0.486 e. The van der Waals surface area contributed by atoms with Crippen LogP contribution in [-0.2, 0) is 21.0 Å². The van der Waals surface area contributed by atoms with Crippen molar-refractivity contribution in [2.75, 3.05) is 10.8 Å². The van der Waals surface area contributed by atoms with Gasteiger partial charge in [0.15, 0.2) is 0 Å². The molecule has 3 aromatic carbocycles. The summed E-state index contributed by atoms with van der Waals surface area (Å²) in [5.74, 6) is -3.45. The molecule has 0 fully saturated rings. The fourth-order valence-corrected chi connectivity index (χ4v) is 6.01. The summed E-state index contributed by atoms with van der Waals surface area (Å²) >= 11 is 0. The van der Waals surface area contributed by atoms with Crippen molar-refractivity contribution in [2.24, 2.45) is 5.92 Å².